The molecule has 0 aliphatic rings. The van der Waals surface area contributed by atoms with E-state index in [1.807, 2.05) is 61.5 Å². The Kier molecular flexibility index (Phi) is 7.74. The number of thioether (sulfide) groups is 1. The van der Waals surface area contributed by atoms with E-state index in [4.69, 9.17) is 0 Å². The molecule has 0 atom stereocenters. The van der Waals surface area contributed by atoms with Crippen LogP contribution in [0.1, 0.15) is 25.8 Å². The van der Waals surface area contributed by atoms with Crippen LogP contribution in [0, 0.1) is 5.92 Å². The molecule has 0 saturated heterocycles. The van der Waals surface area contributed by atoms with Gasteiger partial charge in [0.1, 0.15) is 0 Å². The highest BCUT2D eigenvalue weighted by Gasteiger charge is 2.13. The van der Waals surface area contributed by atoms with Gasteiger partial charge in [0.05, 0.1) is 16.7 Å². The largest absolute Gasteiger partial charge is 0.378 e. The summed E-state index contributed by atoms with van der Waals surface area (Å²) in [5, 5.41) is 4.16. The van der Waals surface area contributed by atoms with Gasteiger partial charge < -0.3 is 10.2 Å². The fraction of sp³-hybridized carbons (Fsp3) is 0.375. The van der Waals surface area contributed by atoms with E-state index in [0.29, 0.717) is 35.1 Å². The van der Waals surface area contributed by atoms with Gasteiger partial charge >= 0.3 is 0 Å². The van der Waals surface area contributed by atoms with Crippen molar-refractivity contribution in [3.05, 3.63) is 64.4 Å². The number of amides is 1. The Bertz CT molecular complexity index is 1090. The molecule has 0 saturated carbocycles. The Morgan fingerprint density at radius 2 is 1.84 bits per heavy atom. The van der Waals surface area contributed by atoms with Crippen LogP contribution in [0.3, 0.4) is 0 Å². The van der Waals surface area contributed by atoms with Crippen molar-refractivity contribution in [2.24, 2.45) is 5.92 Å². The van der Waals surface area contributed by atoms with Gasteiger partial charge in [-0.05, 0) is 42.2 Å². The van der Waals surface area contributed by atoms with E-state index < -0.39 is 0 Å². The van der Waals surface area contributed by atoms with Gasteiger partial charge in [0.15, 0.2) is 5.16 Å². The summed E-state index contributed by atoms with van der Waals surface area (Å²) in [5.41, 5.74) is 2.78. The van der Waals surface area contributed by atoms with Crippen LogP contribution < -0.4 is 15.8 Å². The quantitative estimate of drug-likeness (QED) is 0.405. The van der Waals surface area contributed by atoms with Crippen LogP contribution >= 0.6 is 11.8 Å². The number of carbonyl (C=O) groups is 1. The monoisotopic (exact) mass is 438 g/mol. The van der Waals surface area contributed by atoms with E-state index >= 15 is 0 Å². The Balaban J connectivity index is 1.68. The van der Waals surface area contributed by atoms with E-state index in [1.54, 1.807) is 10.6 Å². The Morgan fingerprint density at radius 1 is 1.13 bits per heavy atom. The normalized spacial score (nSPS) is 11.1. The molecule has 0 aliphatic heterocycles. The Morgan fingerprint density at radius 3 is 2.52 bits per heavy atom. The van der Waals surface area contributed by atoms with E-state index in [2.05, 4.69) is 24.1 Å². The number of anilines is 1. The number of benzene rings is 2. The molecule has 7 heteroatoms. The average Bonchev–Trinajstić information content (AvgIpc) is 2.76. The molecule has 0 spiro atoms. The molecule has 31 heavy (non-hydrogen) atoms. The summed E-state index contributed by atoms with van der Waals surface area (Å²) in [6.07, 6.45) is 0.878. The predicted octanol–water partition coefficient (Wildman–Crippen LogP) is 3.92. The highest BCUT2D eigenvalue weighted by molar-refractivity contribution is 7.99. The van der Waals surface area contributed by atoms with Gasteiger partial charge in [0.2, 0.25) is 5.91 Å². The molecule has 3 aromatic rings. The summed E-state index contributed by atoms with van der Waals surface area (Å²) >= 11 is 1.31. The maximum Gasteiger partial charge on any atom is 0.262 e. The predicted molar refractivity (Wildman–Crippen MR) is 129 cm³/mol. The summed E-state index contributed by atoms with van der Waals surface area (Å²) < 4.78 is 1.71. The van der Waals surface area contributed by atoms with E-state index in [9.17, 15) is 9.59 Å². The van der Waals surface area contributed by atoms with Crippen LogP contribution in [0.15, 0.2) is 58.5 Å². The molecule has 1 heterocycles. The highest BCUT2D eigenvalue weighted by Crippen LogP contribution is 2.19. The standard InChI is InChI=1S/C24H30N4O2S/c1-17(2)13-14-28-23(30)20-7-5-6-8-21(20)26-24(28)31-16-22(29)25-15-18-9-11-19(12-10-18)27(3)4/h5-12,17H,13-16H2,1-4H3,(H,25,29). The number of fused-ring (bicyclic) bond motifs is 1. The first-order valence-corrected chi connectivity index (χ1v) is 11.5. The maximum atomic E-state index is 13.0. The smallest absolute Gasteiger partial charge is 0.262 e. The average molecular weight is 439 g/mol. The second-order valence-corrected chi connectivity index (χ2v) is 9.12. The first-order valence-electron chi connectivity index (χ1n) is 10.5. The van der Waals surface area contributed by atoms with Crippen LogP contribution in [0.4, 0.5) is 5.69 Å². The SMILES string of the molecule is CC(C)CCn1c(SCC(=O)NCc2ccc(N(C)C)cc2)nc2ccccc2c1=O. The summed E-state index contributed by atoms with van der Waals surface area (Å²) in [5.74, 6) is 0.598. The number of rotatable bonds is 9. The number of hydrogen-bond donors (Lipinski definition) is 1. The van der Waals surface area contributed by atoms with Crippen molar-refractivity contribution in [3.63, 3.8) is 0 Å². The molecule has 1 N–H and O–H groups in total. The van der Waals surface area contributed by atoms with Gasteiger partial charge in [-0.2, -0.15) is 0 Å². The van der Waals surface area contributed by atoms with Crippen molar-refractivity contribution in [2.75, 3.05) is 24.7 Å². The Hall–Kier alpha value is -2.80. The third kappa shape index (κ3) is 6.10. The van der Waals surface area contributed by atoms with Crippen molar-refractivity contribution in [3.8, 4) is 0 Å². The van der Waals surface area contributed by atoms with Crippen LogP contribution in [-0.2, 0) is 17.9 Å². The number of carbonyl (C=O) groups excluding carboxylic acids is 1. The summed E-state index contributed by atoms with van der Waals surface area (Å²) in [4.78, 5) is 32.1. The highest BCUT2D eigenvalue weighted by atomic mass is 32.2. The lowest BCUT2D eigenvalue weighted by molar-refractivity contribution is -0.118. The second-order valence-electron chi connectivity index (χ2n) is 8.18. The van der Waals surface area contributed by atoms with Gasteiger partial charge in [0, 0.05) is 32.9 Å². The number of hydrogen-bond acceptors (Lipinski definition) is 5. The molecule has 1 amide bonds. The molecule has 0 aliphatic carbocycles. The minimum atomic E-state index is -0.0838. The van der Waals surface area contributed by atoms with Gasteiger partial charge in [-0.1, -0.05) is 49.9 Å². The summed E-state index contributed by atoms with van der Waals surface area (Å²) in [7, 11) is 3.99. The molecule has 0 unspecified atom stereocenters. The third-order valence-corrected chi connectivity index (χ3v) is 6.01. The second kappa shape index (κ2) is 10.5. The number of para-hydroxylation sites is 1. The minimum Gasteiger partial charge on any atom is -0.378 e. The molecule has 1 aromatic heterocycles. The molecule has 164 valence electrons. The number of nitrogens with one attached hydrogen (secondary N) is 1. The zero-order chi connectivity index (χ0) is 22.4. The Labute approximate surface area is 187 Å². The van der Waals surface area contributed by atoms with Crippen molar-refractivity contribution in [2.45, 2.75) is 38.5 Å². The van der Waals surface area contributed by atoms with Gasteiger partial charge in [-0.25, -0.2) is 4.98 Å². The molecular formula is C24H30N4O2S. The molecule has 0 fully saturated rings. The van der Waals surface area contributed by atoms with Crippen LogP contribution in [0.5, 0.6) is 0 Å². The van der Waals surface area contributed by atoms with Gasteiger partial charge in [-0.3, -0.25) is 14.2 Å². The van der Waals surface area contributed by atoms with Crippen LogP contribution in [0.25, 0.3) is 10.9 Å². The van der Waals surface area contributed by atoms with Crippen LogP contribution in [0.2, 0.25) is 0 Å². The topological polar surface area (TPSA) is 67.2 Å². The fourth-order valence-electron chi connectivity index (χ4n) is 3.14. The van der Waals surface area contributed by atoms with Crippen molar-refractivity contribution in [1.29, 1.82) is 0 Å². The van der Waals surface area contributed by atoms with Crippen molar-refractivity contribution in [1.82, 2.24) is 14.9 Å². The van der Waals surface area contributed by atoms with Gasteiger partial charge in [-0.15, -0.1) is 0 Å². The van der Waals surface area contributed by atoms with Crippen molar-refractivity contribution < 1.29 is 4.79 Å². The van der Waals surface area contributed by atoms with Crippen LogP contribution in [-0.4, -0.2) is 35.3 Å². The lowest BCUT2D eigenvalue weighted by atomic mass is 10.1. The molecule has 6 nitrogen and oxygen atoms in total. The van der Waals surface area contributed by atoms with Crippen molar-refractivity contribution >= 4 is 34.3 Å². The summed E-state index contributed by atoms with van der Waals surface area (Å²) in [6.45, 7) is 5.32. The van der Waals surface area contributed by atoms with E-state index in [-0.39, 0.29) is 17.2 Å². The molecule has 3 rings (SSSR count). The third-order valence-electron chi connectivity index (χ3n) is 5.03. The zero-order valence-electron chi connectivity index (χ0n) is 18.6. The van der Waals surface area contributed by atoms with E-state index in [1.165, 1.54) is 11.8 Å². The number of aromatic nitrogens is 2. The van der Waals surface area contributed by atoms with Gasteiger partial charge in [0.25, 0.3) is 5.56 Å². The molecule has 0 bridgehead atoms. The summed E-state index contributed by atoms with van der Waals surface area (Å²) in [6, 6.07) is 15.4. The molecule has 0 radical (unpaired) electrons. The zero-order valence-corrected chi connectivity index (χ0v) is 19.4. The first-order chi connectivity index (χ1) is 14.8. The molecular weight excluding hydrogens is 408 g/mol. The number of nitrogens with zero attached hydrogens (tertiary/aromatic N) is 3. The lowest BCUT2D eigenvalue weighted by Crippen LogP contribution is -2.27. The lowest BCUT2D eigenvalue weighted by Gasteiger charge is -2.14. The maximum absolute atomic E-state index is 13.0. The minimum absolute atomic E-state index is 0.0462. The fourth-order valence-corrected chi connectivity index (χ4v) is 3.99. The van der Waals surface area contributed by atoms with E-state index in [0.717, 1.165) is 17.7 Å². The molecule has 2 aromatic carbocycles. The first kappa shape index (κ1) is 22.9.